The van der Waals surface area contributed by atoms with Gasteiger partial charge in [-0.05, 0) is 26.7 Å². The van der Waals surface area contributed by atoms with Gasteiger partial charge in [-0.3, -0.25) is 0 Å². The van der Waals surface area contributed by atoms with Crippen molar-refractivity contribution in [3.05, 3.63) is 25.3 Å². The predicted molar refractivity (Wildman–Crippen MR) is 96.1 cm³/mol. The first-order valence-electron chi connectivity index (χ1n) is 8.65. The number of amides is 2. The first-order chi connectivity index (χ1) is 11.6. The summed E-state index contributed by atoms with van der Waals surface area (Å²) in [6.45, 7) is 14.0. The summed E-state index contributed by atoms with van der Waals surface area (Å²) in [6, 6.07) is 0. The van der Waals surface area contributed by atoms with Crippen LogP contribution >= 0.6 is 0 Å². The van der Waals surface area contributed by atoms with E-state index in [-0.39, 0.29) is 12.2 Å². The van der Waals surface area contributed by atoms with Crippen molar-refractivity contribution >= 4 is 12.2 Å². The van der Waals surface area contributed by atoms with Crippen molar-refractivity contribution in [3.8, 4) is 0 Å². The summed E-state index contributed by atoms with van der Waals surface area (Å²) in [5.74, 6) is 0. The molecule has 0 aliphatic carbocycles. The number of carbonyl (C=O) groups is 2. The normalized spacial score (nSPS) is 9.92. The van der Waals surface area contributed by atoms with Crippen LogP contribution < -0.4 is 0 Å². The average molecular weight is 340 g/mol. The smallest absolute Gasteiger partial charge is 0.410 e. The Labute approximate surface area is 146 Å². The van der Waals surface area contributed by atoms with Crippen LogP contribution in [0.15, 0.2) is 25.3 Å². The van der Waals surface area contributed by atoms with Gasteiger partial charge >= 0.3 is 12.2 Å². The molecule has 0 N–H and O–H groups in total. The molecule has 2 amide bonds. The van der Waals surface area contributed by atoms with Crippen LogP contribution in [0.5, 0.6) is 0 Å². The molecular weight excluding hydrogens is 308 g/mol. The van der Waals surface area contributed by atoms with E-state index in [1.807, 2.05) is 0 Å². The SMILES string of the molecule is C=CCN(CCCCCCN(CC=C)C(=O)OCC)C(=O)OCC. The third-order valence-electron chi connectivity index (χ3n) is 3.36. The van der Waals surface area contributed by atoms with Crippen molar-refractivity contribution in [2.75, 3.05) is 39.4 Å². The molecule has 0 aromatic rings. The predicted octanol–water partition coefficient (Wildman–Crippen LogP) is 3.84. The summed E-state index contributed by atoms with van der Waals surface area (Å²) in [5, 5.41) is 0. The van der Waals surface area contributed by atoms with Crippen LogP contribution in [0.3, 0.4) is 0 Å². The van der Waals surface area contributed by atoms with Gasteiger partial charge in [0.2, 0.25) is 0 Å². The van der Waals surface area contributed by atoms with Crippen LogP contribution in [0.25, 0.3) is 0 Å². The van der Waals surface area contributed by atoms with E-state index in [2.05, 4.69) is 13.2 Å². The number of nitrogens with zero attached hydrogens (tertiary/aromatic N) is 2. The summed E-state index contributed by atoms with van der Waals surface area (Å²) >= 11 is 0. The highest BCUT2D eigenvalue weighted by Gasteiger charge is 2.13. The van der Waals surface area contributed by atoms with E-state index in [4.69, 9.17) is 9.47 Å². The zero-order valence-electron chi connectivity index (χ0n) is 15.2. The second kappa shape index (κ2) is 14.6. The molecule has 6 nitrogen and oxygen atoms in total. The van der Waals surface area contributed by atoms with E-state index in [9.17, 15) is 9.59 Å². The van der Waals surface area contributed by atoms with Gasteiger partial charge in [0.05, 0.1) is 13.2 Å². The third-order valence-corrected chi connectivity index (χ3v) is 3.36. The highest BCUT2D eigenvalue weighted by atomic mass is 16.6. The fourth-order valence-electron chi connectivity index (χ4n) is 2.21. The molecule has 0 aromatic heterocycles. The van der Waals surface area contributed by atoms with Crippen molar-refractivity contribution in [3.63, 3.8) is 0 Å². The molecule has 138 valence electrons. The molecule has 24 heavy (non-hydrogen) atoms. The van der Waals surface area contributed by atoms with Gasteiger partial charge in [-0.2, -0.15) is 0 Å². The maximum atomic E-state index is 11.7. The van der Waals surface area contributed by atoms with Gasteiger partial charge in [-0.1, -0.05) is 25.0 Å². The zero-order valence-corrected chi connectivity index (χ0v) is 15.2. The standard InChI is InChI=1S/C18H32N2O4/c1-5-13-19(17(21)23-7-3)15-11-9-10-12-16-20(14-6-2)18(22)24-8-4/h5-6H,1-2,7-16H2,3-4H3. The molecule has 0 unspecified atom stereocenters. The molecule has 0 rings (SSSR count). The molecular formula is C18H32N2O4. The number of hydrogen-bond donors (Lipinski definition) is 0. The maximum Gasteiger partial charge on any atom is 0.410 e. The Balaban J connectivity index is 4.00. The Bertz CT molecular complexity index is 349. The molecule has 0 atom stereocenters. The molecule has 0 aliphatic heterocycles. The quantitative estimate of drug-likeness (QED) is 0.377. The molecule has 0 saturated carbocycles. The lowest BCUT2D eigenvalue weighted by molar-refractivity contribution is 0.108. The molecule has 0 fully saturated rings. The second-order valence-electron chi connectivity index (χ2n) is 5.28. The van der Waals surface area contributed by atoms with Gasteiger partial charge in [-0.25, -0.2) is 9.59 Å². The van der Waals surface area contributed by atoms with Crippen molar-refractivity contribution < 1.29 is 19.1 Å². The Morgan fingerprint density at radius 2 is 1.17 bits per heavy atom. The van der Waals surface area contributed by atoms with Crippen molar-refractivity contribution in [2.24, 2.45) is 0 Å². The molecule has 0 spiro atoms. The van der Waals surface area contributed by atoms with Crippen molar-refractivity contribution in [1.29, 1.82) is 0 Å². The summed E-state index contributed by atoms with van der Waals surface area (Å²) < 4.78 is 10.0. The Hall–Kier alpha value is -1.98. The van der Waals surface area contributed by atoms with E-state index in [0.717, 1.165) is 25.7 Å². The van der Waals surface area contributed by atoms with E-state index in [1.54, 1.807) is 35.8 Å². The number of hydrogen-bond acceptors (Lipinski definition) is 4. The van der Waals surface area contributed by atoms with E-state index < -0.39 is 0 Å². The van der Waals surface area contributed by atoms with Gasteiger partial charge in [0.25, 0.3) is 0 Å². The van der Waals surface area contributed by atoms with Crippen molar-refractivity contribution in [1.82, 2.24) is 9.80 Å². The highest BCUT2D eigenvalue weighted by Crippen LogP contribution is 2.06. The Morgan fingerprint density at radius 3 is 1.46 bits per heavy atom. The fraction of sp³-hybridized carbons (Fsp3) is 0.667. The van der Waals surface area contributed by atoms with Crippen molar-refractivity contribution in [2.45, 2.75) is 39.5 Å². The van der Waals surface area contributed by atoms with Crippen LogP contribution in [0.4, 0.5) is 9.59 Å². The molecule has 0 radical (unpaired) electrons. The van der Waals surface area contributed by atoms with E-state index in [1.165, 1.54) is 0 Å². The van der Waals surface area contributed by atoms with Gasteiger partial charge in [0, 0.05) is 26.2 Å². The molecule has 0 aromatic carbocycles. The molecule has 0 bridgehead atoms. The van der Waals surface area contributed by atoms with Crippen LogP contribution in [-0.4, -0.2) is 61.4 Å². The van der Waals surface area contributed by atoms with Crippen LogP contribution in [0, 0.1) is 0 Å². The number of rotatable bonds is 13. The third kappa shape index (κ3) is 9.92. The van der Waals surface area contributed by atoms with Crippen LogP contribution in [0.1, 0.15) is 39.5 Å². The highest BCUT2D eigenvalue weighted by molar-refractivity contribution is 5.68. The fourth-order valence-corrected chi connectivity index (χ4v) is 2.21. The topological polar surface area (TPSA) is 59.1 Å². The summed E-state index contributed by atoms with van der Waals surface area (Å²) in [4.78, 5) is 26.8. The molecule has 0 heterocycles. The monoisotopic (exact) mass is 340 g/mol. The van der Waals surface area contributed by atoms with Gasteiger partial charge in [0.1, 0.15) is 0 Å². The Kier molecular flexibility index (Phi) is 13.4. The summed E-state index contributed by atoms with van der Waals surface area (Å²) in [7, 11) is 0. The van der Waals surface area contributed by atoms with E-state index in [0.29, 0.717) is 39.4 Å². The van der Waals surface area contributed by atoms with Crippen LogP contribution in [-0.2, 0) is 9.47 Å². The maximum absolute atomic E-state index is 11.7. The van der Waals surface area contributed by atoms with Gasteiger partial charge in [0.15, 0.2) is 0 Å². The lowest BCUT2D eigenvalue weighted by atomic mass is 10.2. The second-order valence-corrected chi connectivity index (χ2v) is 5.28. The minimum Gasteiger partial charge on any atom is -0.450 e. The zero-order chi connectivity index (χ0) is 18.2. The lowest BCUT2D eigenvalue weighted by Crippen LogP contribution is -2.33. The minimum atomic E-state index is -0.295. The molecule has 6 heteroatoms. The summed E-state index contributed by atoms with van der Waals surface area (Å²) in [5.41, 5.74) is 0. The first kappa shape index (κ1) is 22.0. The molecule has 0 aliphatic rings. The van der Waals surface area contributed by atoms with Crippen LogP contribution in [0.2, 0.25) is 0 Å². The number of ether oxygens (including phenoxy) is 2. The minimum absolute atomic E-state index is 0.295. The average Bonchev–Trinajstić information content (AvgIpc) is 2.56. The van der Waals surface area contributed by atoms with Gasteiger partial charge in [-0.15, -0.1) is 13.2 Å². The van der Waals surface area contributed by atoms with Gasteiger partial charge < -0.3 is 19.3 Å². The largest absolute Gasteiger partial charge is 0.450 e. The lowest BCUT2D eigenvalue weighted by Gasteiger charge is -2.21. The summed E-state index contributed by atoms with van der Waals surface area (Å²) in [6.07, 6.45) is 6.57. The number of unbranched alkanes of at least 4 members (excludes halogenated alkanes) is 3. The number of carbonyl (C=O) groups excluding carboxylic acids is 2. The Morgan fingerprint density at radius 1 is 0.792 bits per heavy atom. The molecule has 0 saturated heterocycles. The first-order valence-corrected chi connectivity index (χ1v) is 8.65. The van der Waals surface area contributed by atoms with E-state index >= 15 is 0 Å².